The van der Waals surface area contributed by atoms with Crippen molar-refractivity contribution in [1.82, 2.24) is 0 Å². The number of nitrogens with zero attached hydrogens (tertiary/aromatic N) is 1. The molecule has 2 aromatic carbocycles. The van der Waals surface area contributed by atoms with Gasteiger partial charge in [-0.3, -0.25) is 0 Å². The third-order valence-corrected chi connectivity index (χ3v) is 6.11. The molecule has 0 aliphatic heterocycles. The molecule has 96 valence electrons. The second kappa shape index (κ2) is 4.59. The Labute approximate surface area is 123 Å². The maximum absolute atomic E-state index is 2.43. The Hall–Kier alpha value is -1.89. The van der Waals surface area contributed by atoms with Crippen LogP contribution in [0.5, 0.6) is 0 Å². The van der Waals surface area contributed by atoms with Crippen LogP contribution in [0.3, 0.4) is 0 Å². The molecule has 0 N–H and O–H groups in total. The summed E-state index contributed by atoms with van der Waals surface area (Å²) in [6.07, 6.45) is 0. The number of hydrogen-bond acceptors (Lipinski definition) is 0. The van der Waals surface area contributed by atoms with Crippen LogP contribution in [0.4, 0.5) is 0 Å². The van der Waals surface area contributed by atoms with Gasteiger partial charge in [-0.25, -0.2) is 0 Å². The Bertz CT molecular complexity index is 907. The zero-order valence-corrected chi connectivity index (χ0v) is 12.9. The molecule has 0 saturated carbocycles. The van der Waals surface area contributed by atoms with Crippen LogP contribution in [0.15, 0.2) is 66.7 Å². The zero-order valence-electron chi connectivity index (χ0n) is 11.2. The van der Waals surface area contributed by atoms with E-state index in [2.05, 4.69) is 78.1 Å². The summed E-state index contributed by atoms with van der Waals surface area (Å²) in [6, 6.07) is 24.0. The van der Waals surface area contributed by atoms with Crippen molar-refractivity contribution in [3.8, 4) is 11.1 Å². The first-order valence-corrected chi connectivity index (χ1v) is 8.44. The van der Waals surface area contributed by atoms with Gasteiger partial charge in [-0.05, 0) is 0 Å². The zero-order chi connectivity index (χ0) is 13.5. The number of hydrogen-bond donors (Lipinski definition) is 0. The Morgan fingerprint density at radius 3 is 2.40 bits per heavy atom. The number of rotatable bonds is 1. The summed E-state index contributed by atoms with van der Waals surface area (Å²) in [6.45, 7) is 2.19. The molecule has 0 fully saturated rings. The molecule has 0 aliphatic rings. The SMILES string of the molecule is Cc1ccc(-c2ccccc2)c2[se]c3ccccc3[n+]12. The van der Waals surface area contributed by atoms with Gasteiger partial charge in [0, 0.05) is 0 Å². The number of benzene rings is 2. The molecule has 2 aromatic heterocycles. The van der Waals surface area contributed by atoms with Crippen LogP contribution in [0.1, 0.15) is 5.69 Å². The van der Waals surface area contributed by atoms with Gasteiger partial charge in [0.25, 0.3) is 0 Å². The number of para-hydroxylation sites is 1. The second-order valence-electron chi connectivity index (χ2n) is 4.96. The quantitative estimate of drug-likeness (QED) is 0.372. The number of fused-ring (bicyclic) bond motifs is 3. The van der Waals surface area contributed by atoms with Crippen molar-refractivity contribution in [3.63, 3.8) is 0 Å². The summed E-state index contributed by atoms with van der Waals surface area (Å²) < 4.78 is 5.37. The van der Waals surface area contributed by atoms with E-state index >= 15 is 0 Å². The van der Waals surface area contributed by atoms with Gasteiger partial charge in [0.05, 0.1) is 0 Å². The Morgan fingerprint density at radius 2 is 1.55 bits per heavy atom. The number of pyridine rings is 1. The molecule has 1 nitrogen and oxygen atoms in total. The molecule has 0 unspecified atom stereocenters. The van der Waals surface area contributed by atoms with E-state index in [-0.39, 0.29) is 0 Å². The van der Waals surface area contributed by atoms with Crippen LogP contribution in [-0.2, 0) is 0 Å². The Balaban J connectivity index is 2.16. The van der Waals surface area contributed by atoms with E-state index in [4.69, 9.17) is 0 Å². The van der Waals surface area contributed by atoms with Crippen molar-refractivity contribution in [2.24, 2.45) is 0 Å². The fourth-order valence-corrected chi connectivity index (χ4v) is 5.32. The molecule has 2 heterocycles. The van der Waals surface area contributed by atoms with Crippen molar-refractivity contribution in [2.45, 2.75) is 6.92 Å². The summed E-state index contributed by atoms with van der Waals surface area (Å²) in [5, 5.41) is 0. The monoisotopic (exact) mass is 324 g/mol. The first-order valence-electron chi connectivity index (χ1n) is 6.73. The van der Waals surface area contributed by atoms with Crippen molar-refractivity contribution in [1.29, 1.82) is 0 Å². The van der Waals surface area contributed by atoms with E-state index in [0.29, 0.717) is 14.5 Å². The van der Waals surface area contributed by atoms with Crippen LogP contribution < -0.4 is 4.40 Å². The van der Waals surface area contributed by atoms with Gasteiger partial charge < -0.3 is 0 Å². The number of aromatic nitrogens is 1. The van der Waals surface area contributed by atoms with Gasteiger partial charge in [0.1, 0.15) is 0 Å². The Kier molecular flexibility index (Phi) is 2.73. The molecule has 0 bridgehead atoms. The first-order chi connectivity index (χ1) is 9.84. The van der Waals surface area contributed by atoms with Gasteiger partial charge >= 0.3 is 124 Å². The van der Waals surface area contributed by atoms with Gasteiger partial charge in [-0.1, -0.05) is 0 Å². The topological polar surface area (TPSA) is 4.10 Å². The molecule has 20 heavy (non-hydrogen) atoms. The Morgan fingerprint density at radius 1 is 0.800 bits per heavy atom. The molecule has 4 rings (SSSR count). The molecule has 4 aromatic rings. The van der Waals surface area contributed by atoms with E-state index in [9.17, 15) is 0 Å². The van der Waals surface area contributed by atoms with E-state index in [1.807, 2.05) is 0 Å². The molecular formula is C18H14NSe+. The van der Waals surface area contributed by atoms with E-state index in [0.717, 1.165) is 0 Å². The first kappa shape index (κ1) is 11.9. The fourth-order valence-electron chi connectivity index (χ4n) is 2.70. The van der Waals surface area contributed by atoms with Gasteiger partial charge in [0.15, 0.2) is 0 Å². The minimum atomic E-state index is 0.383. The van der Waals surface area contributed by atoms with Crippen molar-refractivity contribution in [2.75, 3.05) is 0 Å². The van der Waals surface area contributed by atoms with E-state index in [1.165, 1.54) is 31.0 Å². The maximum atomic E-state index is 2.43. The molecule has 0 amide bonds. The normalized spacial score (nSPS) is 11.2. The fraction of sp³-hybridized carbons (Fsp3) is 0.0556. The van der Waals surface area contributed by atoms with Gasteiger partial charge in [-0.2, -0.15) is 0 Å². The molecule has 0 spiro atoms. The summed E-state index contributed by atoms with van der Waals surface area (Å²) in [5.74, 6) is 0. The predicted octanol–water partition coefficient (Wildman–Crippen LogP) is 3.61. The van der Waals surface area contributed by atoms with E-state index < -0.39 is 0 Å². The average Bonchev–Trinajstić information content (AvgIpc) is 2.88. The number of aryl methyl sites for hydroxylation is 1. The molecule has 0 radical (unpaired) electrons. The molecule has 0 aliphatic carbocycles. The summed E-state index contributed by atoms with van der Waals surface area (Å²) in [4.78, 5) is 0. The third kappa shape index (κ3) is 1.73. The van der Waals surface area contributed by atoms with Crippen molar-refractivity contribution >= 4 is 28.7 Å². The van der Waals surface area contributed by atoms with Crippen molar-refractivity contribution < 1.29 is 4.40 Å². The summed E-state index contributed by atoms with van der Waals surface area (Å²) in [5.41, 5.74) is 5.35. The molecule has 0 saturated heterocycles. The van der Waals surface area contributed by atoms with Crippen LogP contribution in [0.2, 0.25) is 0 Å². The standard InChI is InChI=1S/C18H14NSe/c1-13-11-12-15(14-7-3-2-4-8-14)18-19(13)16-9-5-6-10-17(16)20-18/h2-12H,1H3/q+1. The minimum absolute atomic E-state index is 0.383. The predicted molar refractivity (Wildman–Crippen MR) is 84.2 cm³/mol. The third-order valence-electron chi connectivity index (χ3n) is 3.67. The summed E-state index contributed by atoms with van der Waals surface area (Å²) >= 11 is 0.383. The van der Waals surface area contributed by atoms with E-state index in [1.54, 1.807) is 0 Å². The second-order valence-corrected chi connectivity index (χ2v) is 7.13. The van der Waals surface area contributed by atoms with Crippen molar-refractivity contribution in [3.05, 3.63) is 72.4 Å². The molecule has 0 atom stereocenters. The van der Waals surface area contributed by atoms with Crippen LogP contribution >= 0.6 is 0 Å². The van der Waals surface area contributed by atoms with Gasteiger partial charge in [-0.15, -0.1) is 0 Å². The average molecular weight is 323 g/mol. The van der Waals surface area contributed by atoms with Crippen LogP contribution in [-0.4, -0.2) is 14.5 Å². The van der Waals surface area contributed by atoms with Crippen LogP contribution in [0.25, 0.3) is 25.3 Å². The van der Waals surface area contributed by atoms with Crippen LogP contribution in [0, 0.1) is 6.92 Å². The summed E-state index contributed by atoms with van der Waals surface area (Å²) in [7, 11) is 0. The van der Waals surface area contributed by atoms with Gasteiger partial charge in [0.2, 0.25) is 0 Å². The molecular weight excluding hydrogens is 309 g/mol. The molecule has 2 heteroatoms.